The molecule has 0 radical (unpaired) electrons. The molecule has 2 aromatic carbocycles. The Hall–Kier alpha value is -2.82. The summed E-state index contributed by atoms with van der Waals surface area (Å²) in [5, 5.41) is 5.78. The highest BCUT2D eigenvalue weighted by Gasteiger charge is 2.50. The Morgan fingerprint density at radius 2 is 1.85 bits per heavy atom. The van der Waals surface area contributed by atoms with Crippen molar-refractivity contribution in [1.82, 2.24) is 0 Å². The molecule has 0 bridgehead atoms. The van der Waals surface area contributed by atoms with Gasteiger partial charge >= 0.3 is 6.09 Å². The Kier molecular flexibility index (Phi) is 3.58. The molecule has 1 atom stereocenters. The van der Waals surface area contributed by atoms with Crippen molar-refractivity contribution < 1.29 is 14.3 Å². The molecule has 2 N–H and O–H groups in total. The zero-order chi connectivity index (χ0) is 18.5. The molecule has 0 saturated carbocycles. The lowest BCUT2D eigenvalue weighted by Crippen LogP contribution is -2.35. The maximum absolute atomic E-state index is 12.7. The number of rotatable bonds is 1. The maximum atomic E-state index is 12.7. The molecule has 0 aromatic heterocycles. The summed E-state index contributed by atoms with van der Waals surface area (Å²) < 4.78 is 5.30. The number of amides is 2. The Balaban J connectivity index is 1.59. The molecule has 5 nitrogen and oxygen atoms in total. The summed E-state index contributed by atoms with van der Waals surface area (Å²) in [5.74, 6) is 0.0524. The summed E-state index contributed by atoms with van der Waals surface area (Å²) in [6.07, 6.45) is 0.835. The van der Waals surface area contributed by atoms with Crippen LogP contribution in [0.2, 0.25) is 0 Å². The number of hydrogen-bond acceptors (Lipinski definition) is 3. The molecule has 2 aliphatic rings. The first kappa shape index (κ1) is 16.6. The van der Waals surface area contributed by atoms with Crippen LogP contribution < -0.4 is 10.6 Å². The zero-order valence-electron chi connectivity index (χ0n) is 15.2. The second-order valence-corrected chi connectivity index (χ2v) is 8.05. The van der Waals surface area contributed by atoms with E-state index in [2.05, 4.69) is 10.6 Å². The van der Waals surface area contributed by atoms with E-state index in [0.29, 0.717) is 18.5 Å². The van der Waals surface area contributed by atoms with Gasteiger partial charge in [0.05, 0.1) is 5.41 Å². The largest absolute Gasteiger partial charge is 0.444 e. The molecular weight excluding hydrogens is 328 g/mol. The van der Waals surface area contributed by atoms with E-state index in [1.807, 2.05) is 63.2 Å². The van der Waals surface area contributed by atoms with Gasteiger partial charge in [-0.15, -0.1) is 0 Å². The van der Waals surface area contributed by atoms with Crippen LogP contribution in [0.5, 0.6) is 0 Å². The standard InChI is InChI=1S/C21H22N2O3/c1-20(2,3)26-19(25)22-15-9-8-13-11-21(12-14(13)10-15)16-6-4-5-7-17(16)23-18(21)24/h4-10H,11-12H2,1-3H3,(H,22,25)(H,23,24). The van der Waals surface area contributed by atoms with E-state index in [4.69, 9.17) is 4.74 Å². The van der Waals surface area contributed by atoms with Crippen LogP contribution >= 0.6 is 0 Å². The second-order valence-electron chi connectivity index (χ2n) is 8.05. The van der Waals surface area contributed by atoms with Crippen LogP contribution in [0.3, 0.4) is 0 Å². The van der Waals surface area contributed by atoms with E-state index in [1.54, 1.807) is 0 Å². The third-order valence-corrected chi connectivity index (χ3v) is 4.96. The van der Waals surface area contributed by atoms with Crippen LogP contribution in [-0.4, -0.2) is 17.6 Å². The van der Waals surface area contributed by atoms with Crippen LogP contribution in [0.1, 0.15) is 37.5 Å². The van der Waals surface area contributed by atoms with Gasteiger partial charge in [-0.2, -0.15) is 0 Å². The second kappa shape index (κ2) is 5.59. The first-order valence-corrected chi connectivity index (χ1v) is 8.80. The monoisotopic (exact) mass is 350 g/mol. The van der Waals surface area contributed by atoms with Crippen molar-refractivity contribution in [3.63, 3.8) is 0 Å². The van der Waals surface area contributed by atoms with E-state index < -0.39 is 17.1 Å². The molecule has 1 aliphatic heterocycles. The van der Waals surface area contributed by atoms with Gasteiger partial charge in [0.1, 0.15) is 5.60 Å². The number of para-hydroxylation sites is 1. The predicted octanol–water partition coefficient (Wildman–Crippen LogP) is 4.02. The van der Waals surface area contributed by atoms with E-state index in [-0.39, 0.29) is 5.91 Å². The van der Waals surface area contributed by atoms with Gasteiger partial charge in [0.15, 0.2) is 0 Å². The van der Waals surface area contributed by atoms with Crippen molar-refractivity contribution in [2.45, 2.75) is 44.6 Å². The van der Waals surface area contributed by atoms with Gasteiger partial charge in [-0.25, -0.2) is 4.79 Å². The van der Waals surface area contributed by atoms with Gasteiger partial charge in [-0.1, -0.05) is 24.3 Å². The normalized spacial score (nSPS) is 20.5. The number of fused-ring (bicyclic) bond motifs is 3. The Bertz CT molecular complexity index is 914. The SMILES string of the molecule is CC(C)(C)OC(=O)Nc1ccc2c(c1)CC1(C2)C(=O)Nc2ccccc21. The maximum Gasteiger partial charge on any atom is 0.412 e. The van der Waals surface area contributed by atoms with Gasteiger partial charge in [0.25, 0.3) is 0 Å². The number of hydrogen-bond donors (Lipinski definition) is 2. The topological polar surface area (TPSA) is 67.4 Å². The van der Waals surface area contributed by atoms with Gasteiger partial charge in [0, 0.05) is 11.4 Å². The Morgan fingerprint density at radius 1 is 1.12 bits per heavy atom. The quantitative estimate of drug-likeness (QED) is 0.816. The first-order valence-electron chi connectivity index (χ1n) is 8.80. The fourth-order valence-electron chi connectivity index (χ4n) is 3.90. The minimum atomic E-state index is -0.545. The highest BCUT2D eigenvalue weighted by molar-refractivity contribution is 6.07. The summed E-state index contributed by atoms with van der Waals surface area (Å²) in [7, 11) is 0. The fraction of sp³-hybridized carbons (Fsp3) is 0.333. The lowest BCUT2D eigenvalue weighted by atomic mass is 9.79. The van der Waals surface area contributed by atoms with Crippen LogP contribution in [0.15, 0.2) is 42.5 Å². The number of benzene rings is 2. The number of carbonyl (C=O) groups excluding carboxylic acids is 2. The summed E-state index contributed by atoms with van der Waals surface area (Å²) >= 11 is 0. The third-order valence-electron chi connectivity index (χ3n) is 4.96. The number of nitrogens with one attached hydrogen (secondary N) is 2. The zero-order valence-corrected chi connectivity index (χ0v) is 15.2. The molecule has 134 valence electrons. The molecule has 5 heteroatoms. The predicted molar refractivity (Wildman–Crippen MR) is 100 cm³/mol. The average Bonchev–Trinajstić information content (AvgIpc) is 3.04. The molecule has 0 fully saturated rings. The van der Waals surface area contributed by atoms with Gasteiger partial charge in [-0.3, -0.25) is 10.1 Å². The van der Waals surface area contributed by atoms with Crippen molar-refractivity contribution in [3.05, 3.63) is 59.2 Å². The van der Waals surface area contributed by atoms with Crippen molar-refractivity contribution in [2.24, 2.45) is 0 Å². The highest BCUT2D eigenvalue weighted by atomic mass is 16.6. The summed E-state index contributed by atoms with van der Waals surface area (Å²) in [6.45, 7) is 5.49. The fourth-order valence-corrected chi connectivity index (χ4v) is 3.90. The van der Waals surface area contributed by atoms with Crippen LogP contribution in [0.25, 0.3) is 0 Å². The van der Waals surface area contributed by atoms with Crippen LogP contribution in [0.4, 0.5) is 16.2 Å². The summed E-state index contributed by atoms with van der Waals surface area (Å²) in [6, 6.07) is 13.7. The molecule has 2 amide bonds. The molecule has 4 rings (SSSR count). The minimum Gasteiger partial charge on any atom is -0.444 e. The molecule has 1 aliphatic carbocycles. The number of anilines is 2. The molecule has 1 heterocycles. The average molecular weight is 350 g/mol. The van der Waals surface area contributed by atoms with Gasteiger partial charge in [-0.05, 0) is 68.5 Å². The molecule has 0 saturated heterocycles. The number of carbonyl (C=O) groups is 2. The van der Waals surface area contributed by atoms with Gasteiger partial charge in [0.2, 0.25) is 5.91 Å². The van der Waals surface area contributed by atoms with E-state index >= 15 is 0 Å². The molecule has 2 aromatic rings. The van der Waals surface area contributed by atoms with Crippen LogP contribution in [0, 0.1) is 0 Å². The minimum absolute atomic E-state index is 0.0524. The van der Waals surface area contributed by atoms with Crippen molar-refractivity contribution in [1.29, 1.82) is 0 Å². The molecule has 1 spiro atoms. The van der Waals surface area contributed by atoms with Gasteiger partial charge < -0.3 is 10.1 Å². The molecular formula is C21H22N2O3. The Morgan fingerprint density at radius 3 is 2.62 bits per heavy atom. The summed E-state index contributed by atoms with van der Waals surface area (Å²) in [5.41, 5.74) is 3.79. The number of ether oxygens (including phenoxy) is 1. The van der Waals surface area contributed by atoms with E-state index in [9.17, 15) is 9.59 Å². The third kappa shape index (κ3) is 2.73. The lowest BCUT2D eigenvalue weighted by Gasteiger charge is -2.20. The first-order chi connectivity index (χ1) is 12.3. The molecule has 26 heavy (non-hydrogen) atoms. The smallest absolute Gasteiger partial charge is 0.412 e. The van der Waals surface area contributed by atoms with E-state index in [1.165, 1.54) is 0 Å². The van der Waals surface area contributed by atoms with Crippen LogP contribution in [-0.2, 0) is 27.8 Å². The Labute approximate surface area is 152 Å². The molecule has 1 unspecified atom stereocenters. The van der Waals surface area contributed by atoms with Crippen molar-refractivity contribution in [2.75, 3.05) is 10.6 Å². The van der Waals surface area contributed by atoms with Crippen molar-refractivity contribution in [3.8, 4) is 0 Å². The van der Waals surface area contributed by atoms with E-state index in [0.717, 1.165) is 22.4 Å². The van der Waals surface area contributed by atoms with Crippen molar-refractivity contribution >= 4 is 23.4 Å². The highest BCUT2D eigenvalue weighted by Crippen LogP contribution is 2.47. The summed E-state index contributed by atoms with van der Waals surface area (Å²) in [4.78, 5) is 24.7. The lowest BCUT2D eigenvalue weighted by molar-refractivity contribution is -0.120.